The smallest absolute Gasteiger partial charge is 0.338 e. The minimum absolute atomic E-state index is 0.185. The SMILES string of the molecule is O=C(OCCCc1ccncc1)c1ccc(OCC2CCCO2)cc1. The van der Waals surface area contributed by atoms with Gasteiger partial charge in [0.15, 0.2) is 0 Å². The van der Waals surface area contributed by atoms with E-state index in [-0.39, 0.29) is 12.1 Å². The molecular weight excluding hydrogens is 318 g/mol. The Morgan fingerprint density at radius 3 is 2.68 bits per heavy atom. The molecule has 2 aromatic rings. The summed E-state index contributed by atoms with van der Waals surface area (Å²) in [5, 5.41) is 0. The van der Waals surface area contributed by atoms with Gasteiger partial charge in [0, 0.05) is 19.0 Å². The number of nitrogens with zero attached hydrogens (tertiary/aromatic N) is 1. The average molecular weight is 341 g/mol. The van der Waals surface area contributed by atoms with Gasteiger partial charge in [-0.15, -0.1) is 0 Å². The maximum absolute atomic E-state index is 12.0. The van der Waals surface area contributed by atoms with Gasteiger partial charge in [0.25, 0.3) is 0 Å². The van der Waals surface area contributed by atoms with Crippen LogP contribution < -0.4 is 4.74 Å². The molecule has 0 amide bonds. The molecule has 1 aliphatic rings. The number of ether oxygens (including phenoxy) is 3. The van der Waals surface area contributed by atoms with E-state index in [0.717, 1.165) is 38.0 Å². The second-order valence-electron chi connectivity index (χ2n) is 6.07. The summed E-state index contributed by atoms with van der Waals surface area (Å²) in [4.78, 5) is 16.0. The number of aromatic nitrogens is 1. The molecular formula is C20H23NO4. The van der Waals surface area contributed by atoms with Crippen molar-refractivity contribution < 1.29 is 19.0 Å². The van der Waals surface area contributed by atoms with Gasteiger partial charge in [-0.2, -0.15) is 0 Å². The Labute approximate surface area is 147 Å². The fourth-order valence-corrected chi connectivity index (χ4v) is 2.73. The van der Waals surface area contributed by atoms with Gasteiger partial charge in [-0.3, -0.25) is 4.98 Å². The average Bonchev–Trinajstić information content (AvgIpc) is 3.18. The van der Waals surface area contributed by atoms with Gasteiger partial charge in [-0.25, -0.2) is 4.79 Å². The first-order valence-corrected chi connectivity index (χ1v) is 8.72. The molecule has 3 rings (SSSR count). The van der Waals surface area contributed by atoms with Crippen molar-refractivity contribution in [2.75, 3.05) is 19.8 Å². The molecule has 1 atom stereocenters. The van der Waals surface area contributed by atoms with Crippen molar-refractivity contribution in [2.24, 2.45) is 0 Å². The lowest BCUT2D eigenvalue weighted by Gasteiger charge is -2.11. The van der Waals surface area contributed by atoms with Crippen molar-refractivity contribution in [2.45, 2.75) is 31.8 Å². The van der Waals surface area contributed by atoms with Crippen molar-refractivity contribution in [1.29, 1.82) is 0 Å². The summed E-state index contributed by atoms with van der Waals surface area (Å²) in [6, 6.07) is 11.0. The van der Waals surface area contributed by atoms with Gasteiger partial charge < -0.3 is 14.2 Å². The third kappa shape index (κ3) is 5.57. The molecule has 1 saturated heterocycles. The van der Waals surface area contributed by atoms with E-state index in [0.29, 0.717) is 18.8 Å². The van der Waals surface area contributed by atoms with Gasteiger partial charge in [0.2, 0.25) is 0 Å². The summed E-state index contributed by atoms with van der Waals surface area (Å²) in [5.74, 6) is 0.435. The second kappa shape index (κ2) is 9.18. The van der Waals surface area contributed by atoms with Crippen LogP contribution in [-0.2, 0) is 15.9 Å². The Balaban J connectivity index is 1.38. The molecule has 5 heteroatoms. The zero-order chi connectivity index (χ0) is 17.3. The van der Waals surface area contributed by atoms with Crippen LogP contribution in [0, 0.1) is 0 Å². The fraction of sp³-hybridized carbons (Fsp3) is 0.400. The zero-order valence-electron chi connectivity index (χ0n) is 14.2. The van der Waals surface area contributed by atoms with E-state index >= 15 is 0 Å². The predicted octanol–water partition coefficient (Wildman–Crippen LogP) is 3.43. The van der Waals surface area contributed by atoms with Crippen molar-refractivity contribution in [3.63, 3.8) is 0 Å². The number of aryl methyl sites for hydroxylation is 1. The standard InChI is InChI=1S/C20H23NO4/c22-20(24-14-1-3-16-9-11-21-12-10-16)17-5-7-18(8-6-17)25-15-19-4-2-13-23-19/h5-12,19H,1-4,13-15H2. The maximum atomic E-state index is 12.0. The van der Waals surface area contributed by atoms with Crippen LogP contribution in [0.15, 0.2) is 48.8 Å². The lowest BCUT2D eigenvalue weighted by molar-refractivity contribution is 0.0500. The molecule has 1 aromatic heterocycles. The van der Waals surface area contributed by atoms with Gasteiger partial charge in [0.05, 0.1) is 18.3 Å². The minimum Gasteiger partial charge on any atom is -0.491 e. The molecule has 132 valence electrons. The normalized spacial score (nSPS) is 16.6. The molecule has 1 unspecified atom stereocenters. The molecule has 0 N–H and O–H groups in total. The summed E-state index contributed by atoms with van der Waals surface area (Å²) in [7, 11) is 0. The van der Waals surface area contributed by atoms with Crippen LogP contribution >= 0.6 is 0 Å². The predicted molar refractivity (Wildman–Crippen MR) is 93.8 cm³/mol. The minimum atomic E-state index is -0.305. The van der Waals surface area contributed by atoms with Crippen molar-refractivity contribution in [3.05, 3.63) is 59.9 Å². The summed E-state index contributed by atoms with van der Waals surface area (Å²) in [6.45, 7) is 1.77. The van der Waals surface area contributed by atoms with Crippen molar-refractivity contribution in [1.82, 2.24) is 4.98 Å². The summed E-state index contributed by atoms with van der Waals surface area (Å²) in [5.41, 5.74) is 1.73. The Morgan fingerprint density at radius 2 is 1.96 bits per heavy atom. The van der Waals surface area contributed by atoms with Gasteiger partial charge >= 0.3 is 5.97 Å². The van der Waals surface area contributed by atoms with E-state index < -0.39 is 0 Å². The molecule has 0 radical (unpaired) electrons. The van der Waals surface area contributed by atoms with Gasteiger partial charge in [-0.1, -0.05) is 0 Å². The molecule has 0 spiro atoms. The van der Waals surface area contributed by atoms with E-state index in [4.69, 9.17) is 14.2 Å². The molecule has 5 nitrogen and oxygen atoms in total. The van der Waals surface area contributed by atoms with Crippen molar-refractivity contribution >= 4 is 5.97 Å². The molecule has 1 aliphatic heterocycles. The van der Waals surface area contributed by atoms with Crippen LogP contribution in [0.5, 0.6) is 5.75 Å². The highest BCUT2D eigenvalue weighted by Gasteiger charge is 2.16. The Bertz CT molecular complexity index is 651. The Hall–Kier alpha value is -2.40. The topological polar surface area (TPSA) is 57.7 Å². The van der Waals surface area contributed by atoms with Crippen molar-refractivity contribution in [3.8, 4) is 5.75 Å². The molecule has 2 heterocycles. The number of carbonyl (C=O) groups excluding carboxylic acids is 1. The first-order chi connectivity index (χ1) is 12.3. The highest BCUT2D eigenvalue weighted by molar-refractivity contribution is 5.89. The lowest BCUT2D eigenvalue weighted by Crippen LogP contribution is -2.16. The number of hydrogen-bond acceptors (Lipinski definition) is 5. The van der Waals surface area contributed by atoms with E-state index in [1.54, 1.807) is 36.7 Å². The molecule has 25 heavy (non-hydrogen) atoms. The zero-order valence-corrected chi connectivity index (χ0v) is 14.2. The van der Waals surface area contributed by atoms with E-state index in [1.165, 1.54) is 5.56 Å². The number of esters is 1. The highest BCUT2D eigenvalue weighted by atomic mass is 16.5. The Morgan fingerprint density at radius 1 is 1.16 bits per heavy atom. The maximum Gasteiger partial charge on any atom is 0.338 e. The number of carbonyl (C=O) groups is 1. The lowest BCUT2D eigenvalue weighted by atomic mass is 10.1. The van der Waals surface area contributed by atoms with Crippen LogP contribution in [0.3, 0.4) is 0 Å². The monoisotopic (exact) mass is 341 g/mol. The van der Waals surface area contributed by atoms with E-state index in [2.05, 4.69) is 4.98 Å². The number of benzene rings is 1. The number of rotatable bonds is 8. The third-order valence-electron chi connectivity index (χ3n) is 4.14. The largest absolute Gasteiger partial charge is 0.491 e. The fourth-order valence-electron chi connectivity index (χ4n) is 2.73. The molecule has 1 aromatic carbocycles. The van der Waals surface area contributed by atoms with E-state index in [1.807, 2.05) is 12.1 Å². The van der Waals surface area contributed by atoms with Crippen LogP contribution in [0.1, 0.15) is 35.2 Å². The van der Waals surface area contributed by atoms with Crippen LogP contribution in [0.25, 0.3) is 0 Å². The molecule has 1 fully saturated rings. The Kier molecular flexibility index (Phi) is 6.40. The molecule has 0 aliphatic carbocycles. The highest BCUT2D eigenvalue weighted by Crippen LogP contribution is 2.17. The van der Waals surface area contributed by atoms with Crippen LogP contribution in [-0.4, -0.2) is 36.9 Å². The number of hydrogen-bond donors (Lipinski definition) is 0. The van der Waals surface area contributed by atoms with Gasteiger partial charge in [0.1, 0.15) is 12.4 Å². The summed E-state index contributed by atoms with van der Waals surface area (Å²) in [6.07, 6.45) is 7.52. The first kappa shape index (κ1) is 17.4. The van der Waals surface area contributed by atoms with E-state index in [9.17, 15) is 4.79 Å². The number of pyridine rings is 1. The summed E-state index contributed by atoms with van der Waals surface area (Å²) >= 11 is 0. The van der Waals surface area contributed by atoms with Crippen LogP contribution in [0.2, 0.25) is 0 Å². The molecule has 0 saturated carbocycles. The summed E-state index contributed by atoms with van der Waals surface area (Å²) < 4.78 is 16.5. The van der Waals surface area contributed by atoms with Crippen LogP contribution in [0.4, 0.5) is 0 Å². The molecule has 0 bridgehead atoms. The first-order valence-electron chi connectivity index (χ1n) is 8.72. The second-order valence-corrected chi connectivity index (χ2v) is 6.07. The quantitative estimate of drug-likeness (QED) is 0.544. The third-order valence-corrected chi connectivity index (χ3v) is 4.14. The van der Waals surface area contributed by atoms with Gasteiger partial charge in [-0.05, 0) is 67.6 Å².